The van der Waals surface area contributed by atoms with Crippen molar-refractivity contribution in [2.75, 3.05) is 26.3 Å². The standard InChI is InChI=1S/C11H16N6O4/c1-9-12-2-3-15(9)8-16-7-11(20-4-5-21-11)6-13-10(16)14-17(18)19/h2-3H,4-8H2,1H3,(H,13,14). The van der Waals surface area contributed by atoms with Gasteiger partial charge in [-0.1, -0.05) is 0 Å². The lowest BCUT2D eigenvalue weighted by Crippen LogP contribution is -2.62. The fourth-order valence-corrected chi connectivity index (χ4v) is 2.47. The van der Waals surface area contributed by atoms with Gasteiger partial charge in [0.15, 0.2) is 5.03 Å². The van der Waals surface area contributed by atoms with Crippen LogP contribution >= 0.6 is 0 Å². The third-order valence-electron chi connectivity index (χ3n) is 3.48. The number of aryl methyl sites for hydroxylation is 1. The Morgan fingerprint density at radius 3 is 2.95 bits per heavy atom. The summed E-state index contributed by atoms with van der Waals surface area (Å²) in [4.78, 5) is 16.5. The molecule has 3 rings (SSSR count). The molecule has 0 aromatic carbocycles. The van der Waals surface area contributed by atoms with E-state index in [1.54, 1.807) is 17.3 Å². The number of aromatic nitrogens is 2. The third-order valence-corrected chi connectivity index (χ3v) is 3.48. The van der Waals surface area contributed by atoms with Gasteiger partial charge in [0.1, 0.15) is 10.9 Å². The van der Waals surface area contributed by atoms with Crippen LogP contribution in [0.2, 0.25) is 0 Å². The maximum absolute atomic E-state index is 10.7. The number of rotatable bonds is 3. The molecule has 0 radical (unpaired) electrons. The van der Waals surface area contributed by atoms with E-state index in [2.05, 4.69) is 15.4 Å². The summed E-state index contributed by atoms with van der Waals surface area (Å²) >= 11 is 0. The number of imidazole rings is 1. The molecule has 0 saturated carbocycles. The Labute approximate surface area is 120 Å². The van der Waals surface area contributed by atoms with Gasteiger partial charge in [-0.2, -0.15) is 0 Å². The van der Waals surface area contributed by atoms with Gasteiger partial charge in [0.05, 0.1) is 33.0 Å². The van der Waals surface area contributed by atoms with E-state index < -0.39 is 10.8 Å². The molecule has 0 amide bonds. The minimum Gasteiger partial charge on any atom is -0.345 e. The van der Waals surface area contributed by atoms with Crippen LogP contribution in [-0.4, -0.2) is 57.5 Å². The fraction of sp³-hybridized carbons (Fsp3) is 0.636. The average molecular weight is 296 g/mol. The Morgan fingerprint density at radius 1 is 1.57 bits per heavy atom. The van der Waals surface area contributed by atoms with Crippen molar-refractivity contribution >= 4 is 5.96 Å². The maximum atomic E-state index is 10.7. The van der Waals surface area contributed by atoms with Crippen LogP contribution in [0.4, 0.5) is 0 Å². The number of nitrogens with one attached hydrogen (secondary N) is 1. The van der Waals surface area contributed by atoms with Crippen LogP contribution < -0.4 is 5.32 Å². The van der Waals surface area contributed by atoms with Gasteiger partial charge < -0.3 is 24.3 Å². The maximum Gasteiger partial charge on any atom is 0.273 e. The molecule has 1 N–H and O–H groups in total. The lowest BCUT2D eigenvalue weighted by Gasteiger charge is -2.39. The summed E-state index contributed by atoms with van der Waals surface area (Å²) in [6.45, 7) is 3.96. The number of guanidine groups is 1. The van der Waals surface area contributed by atoms with Crippen molar-refractivity contribution in [3.05, 3.63) is 28.3 Å². The zero-order valence-corrected chi connectivity index (χ0v) is 11.6. The summed E-state index contributed by atoms with van der Waals surface area (Å²) in [6, 6.07) is 0. The highest BCUT2D eigenvalue weighted by atomic mass is 16.7. The molecule has 0 bridgehead atoms. The molecule has 21 heavy (non-hydrogen) atoms. The molecule has 0 atom stereocenters. The highest BCUT2D eigenvalue weighted by molar-refractivity contribution is 5.80. The SMILES string of the molecule is Cc1nccn1CN1CC2(CN/C1=N\[N+](=O)[O-])OCCO2. The lowest BCUT2D eigenvalue weighted by atomic mass is 10.2. The number of nitro groups is 1. The predicted octanol–water partition coefficient (Wildman–Crippen LogP) is -0.655. The Balaban J connectivity index is 1.82. The summed E-state index contributed by atoms with van der Waals surface area (Å²) in [7, 11) is 0. The first-order chi connectivity index (χ1) is 10.1. The molecule has 114 valence electrons. The zero-order chi connectivity index (χ0) is 14.9. The molecule has 1 spiro atoms. The summed E-state index contributed by atoms with van der Waals surface area (Å²) in [5.41, 5.74) is 0. The smallest absolute Gasteiger partial charge is 0.273 e. The molecular formula is C11H16N6O4. The van der Waals surface area contributed by atoms with Gasteiger partial charge in [0.2, 0.25) is 5.79 Å². The molecular weight excluding hydrogens is 280 g/mol. The van der Waals surface area contributed by atoms with Crippen molar-refractivity contribution in [1.29, 1.82) is 0 Å². The number of hydrogen-bond donors (Lipinski definition) is 1. The van der Waals surface area contributed by atoms with Crippen molar-refractivity contribution in [1.82, 2.24) is 19.8 Å². The Morgan fingerprint density at radius 2 is 2.33 bits per heavy atom. The predicted molar refractivity (Wildman–Crippen MR) is 70.7 cm³/mol. The highest BCUT2D eigenvalue weighted by Crippen LogP contribution is 2.23. The molecule has 10 nitrogen and oxygen atoms in total. The second kappa shape index (κ2) is 5.30. The summed E-state index contributed by atoms with van der Waals surface area (Å²) < 4.78 is 13.1. The molecule has 1 aromatic rings. The molecule has 2 aliphatic heterocycles. The van der Waals surface area contributed by atoms with Gasteiger partial charge in [-0.15, -0.1) is 0 Å². The van der Waals surface area contributed by atoms with Crippen molar-refractivity contribution in [2.45, 2.75) is 19.4 Å². The number of hydrogen-bond acceptors (Lipinski definition) is 5. The van der Waals surface area contributed by atoms with E-state index in [1.165, 1.54) is 0 Å². The van der Waals surface area contributed by atoms with Crippen LogP contribution in [-0.2, 0) is 16.1 Å². The first kappa shape index (κ1) is 13.8. The first-order valence-corrected chi connectivity index (χ1v) is 6.55. The van der Waals surface area contributed by atoms with Gasteiger partial charge in [0.25, 0.3) is 5.96 Å². The largest absolute Gasteiger partial charge is 0.345 e. The van der Waals surface area contributed by atoms with E-state index in [9.17, 15) is 10.1 Å². The Kier molecular flexibility index (Phi) is 3.47. The van der Waals surface area contributed by atoms with Crippen LogP contribution in [0, 0.1) is 17.0 Å². The zero-order valence-electron chi connectivity index (χ0n) is 11.6. The fourth-order valence-electron chi connectivity index (χ4n) is 2.47. The molecule has 0 unspecified atom stereocenters. The van der Waals surface area contributed by atoms with E-state index in [1.807, 2.05) is 11.5 Å². The molecule has 3 heterocycles. The van der Waals surface area contributed by atoms with Crippen LogP contribution in [0.25, 0.3) is 0 Å². The van der Waals surface area contributed by atoms with Crippen LogP contribution in [0.5, 0.6) is 0 Å². The van der Waals surface area contributed by atoms with Gasteiger partial charge in [-0.25, -0.2) is 15.1 Å². The molecule has 2 aliphatic rings. The second-order valence-electron chi connectivity index (χ2n) is 4.91. The van der Waals surface area contributed by atoms with Crippen molar-refractivity contribution in [3.8, 4) is 0 Å². The Bertz CT molecular complexity index is 565. The minimum atomic E-state index is -0.774. The lowest BCUT2D eigenvalue weighted by molar-refractivity contribution is -0.486. The van der Waals surface area contributed by atoms with Gasteiger partial charge in [-0.05, 0) is 6.92 Å². The average Bonchev–Trinajstić information content (AvgIpc) is 3.04. The highest BCUT2D eigenvalue weighted by Gasteiger charge is 2.43. The van der Waals surface area contributed by atoms with E-state index in [0.29, 0.717) is 33.0 Å². The molecule has 2 fully saturated rings. The second-order valence-corrected chi connectivity index (χ2v) is 4.91. The van der Waals surface area contributed by atoms with Crippen LogP contribution in [0.15, 0.2) is 17.5 Å². The van der Waals surface area contributed by atoms with E-state index >= 15 is 0 Å². The Hall–Kier alpha value is -2.20. The van der Waals surface area contributed by atoms with Gasteiger partial charge in [0, 0.05) is 12.4 Å². The monoisotopic (exact) mass is 296 g/mol. The normalized spacial score (nSPS) is 22.7. The number of ether oxygens (including phenoxy) is 2. The number of hydrazone groups is 1. The van der Waals surface area contributed by atoms with E-state index in [0.717, 1.165) is 5.82 Å². The van der Waals surface area contributed by atoms with Gasteiger partial charge >= 0.3 is 0 Å². The van der Waals surface area contributed by atoms with E-state index in [-0.39, 0.29) is 5.96 Å². The molecule has 1 aromatic heterocycles. The van der Waals surface area contributed by atoms with Crippen molar-refractivity contribution in [2.24, 2.45) is 5.10 Å². The first-order valence-electron chi connectivity index (χ1n) is 6.55. The van der Waals surface area contributed by atoms with Crippen LogP contribution in [0.1, 0.15) is 5.82 Å². The third kappa shape index (κ3) is 2.81. The van der Waals surface area contributed by atoms with Gasteiger partial charge in [-0.3, -0.25) is 0 Å². The van der Waals surface area contributed by atoms with E-state index in [4.69, 9.17) is 9.47 Å². The number of nitrogens with zero attached hydrogens (tertiary/aromatic N) is 5. The quantitative estimate of drug-likeness (QED) is 0.583. The van der Waals surface area contributed by atoms with Crippen molar-refractivity contribution in [3.63, 3.8) is 0 Å². The molecule has 0 aliphatic carbocycles. The molecule has 10 heteroatoms. The summed E-state index contributed by atoms with van der Waals surface area (Å²) in [5.74, 6) is 0.227. The van der Waals surface area contributed by atoms with Crippen molar-refractivity contribution < 1.29 is 14.5 Å². The van der Waals surface area contributed by atoms with Crippen LogP contribution in [0.3, 0.4) is 0 Å². The molecule has 2 saturated heterocycles. The topological polar surface area (TPSA) is 107 Å². The minimum absolute atomic E-state index is 0.192. The summed E-state index contributed by atoms with van der Waals surface area (Å²) in [6.07, 6.45) is 3.48. The summed E-state index contributed by atoms with van der Waals surface area (Å²) in [5, 5.41) is 16.3.